The van der Waals surface area contributed by atoms with Crippen molar-refractivity contribution in [2.24, 2.45) is 0 Å². The molecule has 2 amide bonds. The smallest absolute Gasteiger partial charge is 0.407 e. The molecule has 2 aromatic heterocycles. The summed E-state index contributed by atoms with van der Waals surface area (Å²) in [5.41, 5.74) is 0.844. The molecule has 0 aliphatic heterocycles. The van der Waals surface area contributed by atoms with Crippen molar-refractivity contribution >= 4 is 34.7 Å². The van der Waals surface area contributed by atoms with Gasteiger partial charge in [0.2, 0.25) is 0 Å². The third kappa shape index (κ3) is 5.96. The Labute approximate surface area is 178 Å². The maximum atomic E-state index is 12.7. The molecule has 0 atom stereocenters. The number of hydrogen-bond donors (Lipinski definition) is 2. The molecular formula is C21H24N4O4S. The zero-order valence-electron chi connectivity index (χ0n) is 17.1. The van der Waals surface area contributed by atoms with Gasteiger partial charge >= 0.3 is 6.09 Å². The summed E-state index contributed by atoms with van der Waals surface area (Å²) in [5, 5.41) is 6.87. The van der Waals surface area contributed by atoms with E-state index in [-0.39, 0.29) is 24.8 Å². The Bertz CT molecular complexity index is 1010. The second-order valence-corrected chi connectivity index (χ2v) is 8.35. The highest BCUT2D eigenvalue weighted by molar-refractivity contribution is 7.98. The van der Waals surface area contributed by atoms with E-state index in [2.05, 4.69) is 20.6 Å². The Morgan fingerprint density at radius 3 is 2.50 bits per heavy atom. The molecule has 3 aromatic rings. The van der Waals surface area contributed by atoms with Crippen molar-refractivity contribution in [2.45, 2.75) is 37.3 Å². The van der Waals surface area contributed by atoms with E-state index in [1.165, 1.54) is 11.8 Å². The number of para-hydroxylation sites is 1. The first-order valence-corrected chi connectivity index (χ1v) is 10.5. The van der Waals surface area contributed by atoms with E-state index in [0.717, 1.165) is 10.9 Å². The van der Waals surface area contributed by atoms with Gasteiger partial charge in [0.25, 0.3) is 5.91 Å². The van der Waals surface area contributed by atoms with Gasteiger partial charge in [0.05, 0.1) is 0 Å². The summed E-state index contributed by atoms with van der Waals surface area (Å²) >= 11 is 1.43. The molecule has 0 spiro atoms. The van der Waals surface area contributed by atoms with E-state index >= 15 is 0 Å². The summed E-state index contributed by atoms with van der Waals surface area (Å²) in [6, 6.07) is 9.25. The van der Waals surface area contributed by atoms with Crippen LogP contribution in [0.5, 0.6) is 0 Å². The van der Waals surface area contributed by atoms with Crippen LogP contribution in [0.4, 0.5) is 4.79 Å². The number of benzene rings is 1. The van der Waals surface area contributed by atoms with Gasteiger partial charge in [-0.25, -0.2) is 14.8 Å². The van der Waals surface area contributed by atoms with Crippen molar-refractivity contribution in [3.63, 3.8) is 0 Å². The average molecular weight is 429 g/mol. The first kappa shape index (κ1) is 21.6. The van der Waals surface area contributed by atoms with Crippen molar-refractivity contribution < 1.29 is 18.7 Å². The molecule has 2 N–H and O–H groups in total. The number of hydrogen-bond acceptors (Lipinski definition) is 7. The van der Waals surface area contributed by atoms with Crippen LogP contribution in [-0.4, -0.2) is 40.7 Å². The molecule has 1 aromatic carbocycles. The Morgan fingerprint density at radius 1 is 1.07 bits per heavy atom. The largest absolute Gasteiger partial charge is 0.451 e. The van der Waals surface area contributed by atoms with Gasteiger partial charge in [-0.3, -0.25) is 4.79 Å². The number of nitrogens with zero attached hydrogens (tertiary/aromatic N) is 2. The molecular weight excluding hydrogens is 404 g/mol. The fraction of sp³-hybridized carbons (Fsp3) is 0.333. The number of thioether (sulfide) groups is 1. The molecule has 2 heterocycles. The van der Waals surface area contributed by atoms with Gasteiger partial charge in [-0.05, 0) is 32.9 Å². The second kappa shape index (κ2) is 9.62. The van der Waals surface area contributed by atoms with Crippen molar-refractivity contribution in [2.75, 3.05) is 13.1 Å². The number of alkyl carbamates (subject to hydrolysis) is 1. The number of nitrogens with one attached hydrogen (secondary N) is 2. The van der Waals surface area contributed by atoms with Crippen LogP contribution in [0, 0.1) is 0 Å². The van der Waals surface area contributed by atoms with Gasteiger partial charge in [-0.15, -0.1) is 0 Å². The zero-order chi connectivity index (χ0) is 21.6. The summed E-state index contributed by atoms with van der Waals surface area (Å²) < 4.78 is 11.0. The van der Waals surface area contributed by atoms with E-state index < -0.39 is 11.7 Å². The van der Waals surface area contributed by atoms with Crippen molar-refractivity contribution in [1.82, 2.24) is 20.6 Å². The van der Waals surface area contributed by atoms with E-state index in [1.54, 1.807) is 39.2 Å². The molecule has 0 unspecified atom stereocenters. The first-order valence-electron chi connectivity index (χ1n) is 9.49. The lowest BCUT2D eigenvalue weighted by atomic mass is 10.1. The summed E-state index contributed by atoms with van der Waals surface area (Å²) in [6.07, 6.45) is 2.82. The standard InChI is InChI=1S/C21H24N4O4S/c1-21(2,3)29-20(27)25-12-11-22-18(26)17-15(13-30-19-23-9-6-10-24-19)14-7-4-5-8-16(14)28-17/h4-10H,11-13H2,1-3H3,(H,22,26)(H,25,27). The number of furan rings is 1. The highest BCUT2D eigenvalue weighted by Crippen LogP contribution is 2.30. The lowest BCUT2D eigenvalue weighted by molar-refractivity contribution is 0.0526. The molecule has 0 aliphatic rings. The molecule has 0 fully saturated rings. The number of aromatic nitrogens is 2. The van der Waals surface area contributed by atoms with Gasteiger partial charge in [0, 0.05) is 42.2 Å². The predicted octanol–water partition coefficient (Wildman–Crippen LogP) is 3.77. The molecule has 0 saturated heterocycles. The zero-order valence-corrected chi connectivity index (χ0v) is 17.9. The van der Waals surface area contributed by atoms with Crippen molar-refractivity contribution in [1.29, 1.82) is 0 Å². The first-order chi connectivity index (χ1) is 14.3. The van der Waals surface area contributed by atoms with Gasteiger partial charge < -0.3 is 19.8 Å². The van der Waals surface area contributed by atoms with Gasteiger partial charge in [0.1, 0.15) is 11.2 Å². The fourth-order valence-corrected chi connectivity index (χ4v) is 3.49. The predicted molar refractivity (Wildman–Crippen MR) is 114 cm³/mol. The molecule has 30 heavy (non-hydrogen) atoms. The average Bonchev–Trinajstić information content (AvgIpc) is 3.08. The normalized spacial score (nSPS) is 11.3. The third-order valence-corrected chi connectivity index (χ3v) is 4.77. The Hall–Kier alpha value is -3.07. The lowest BCUT2D eigenvalue weighted by Crippen LogP contribution is -2.37. The lowest BCUT2D eigenvalue weighted by Gasteiger charge is -2.19. The summed E-state index contributed by atoms with van der Waals surface area (Å²) in [5.74, 6) is 0.388. The van der Waals surface area contributed by atoms with Crippen LogP contribution in [0.2, 0.25) is 0 Å². The minimum absolute atomic E-state index is 0.239. The van der Waals surface area contributed by atoms with Gasteiger partial charge in [-0.1, -0.05) is 30.0 Å². The van der Waals surface area contributed by atoms with Gasteiger partial charge in [0.15, 0.2) is 10.9 Å². The fourth-order valence-electron chi connectivity index (χ4n) is 2.66. The number of ether oxygens (including phenoxy) is 1. The highest BCUT2D eigenvalue weighted by atomic mass is 32.2. The number of amides is 2. The summed E-state index contributed by atoms with van der Waals surface area (Å²) in [4.78, 5) is 32.8. The quantitative estimate of drug-likeness (QED) is 0.335. The third-order valence-electron chi connectivity index (χ3n) is 3.87. The number of fused-ring (bicyclic) bond motifs is 1. The number of carbonyl (C=O) groups is 2. The molecule has 9 heteroatoms. The maximum Gasteiger partial charge on any atom is 0.407 e. The molecule has 3 rings (SSSR count). The molecule has 0 radical (unpaired) electrons. The van der Waals surface area contributed by atoms with Crippen LogP contribution >= 0.6 is 11.8 Å². The monoisotopic (exact) mass is 428 g/mol. The highest BCUT2D eigenvalue weighted by Gasteiger charge is 2.21. The summed E-state index contributed by atoms with van der Waals surface area (Å²) in [7, 11) is 0. The van der Waals surface area contributed by atoms with Crippen molar-refractivity contribution in [3.8, 4) is 0 Å². The van der Waals surface area contributed by atoms with Crippen LogP contribution in [0.1, 0.15) is 36.9 Å². The number of rotatable bonds is 7. The topological polar surface area (TPSA) is 106 Å². The molecule has 0 saturated carbocycles. The second-order valence-electron chi connectivity index (χ2n) is 7.41. The van der Waals surface area contributed by atoms with Crippen molar-refractivity contribution in [3.05, 3.63) is 54.0 Å². The Balaban J connectivity index is 1.64. The van der Waals surface area contributed by atoms with Crippen LogP contribution in [0.15, 0.2) is 52.3 Å². The van der Waals surface area contributed by atoms with E-state index in [4.69, 9.17) is 9.15 Å². The minimum atomic E-state index is -0.573. The maximum absolute atomic E-state index is 12.7. The Morgan fingerprint density at radius 2 is 1.77 bits per heavy atom. The van der Waals surface area contributed by atoms with Crippen LogP contribution in [0.3, 0.4) is 0 Å². The van der Waals surface area contributed by atoms with Crippen LogP contribution < -0.4 is 10.6 Å². The van der Waals surface area contributed by atoms with Gasteiger partial charge in [-0.2, -0.15) is 0 Å². The Kier molecular flexibility index (Phi) is 6.94. The minimum Gasteiger partial charge on any atom is -0.451 e. The molecule has 8 nitrogen and oxygen atoms in total. The van der Waals surface area contributed by atoms with Crippen LogP contribution in [-0.2, 0) is 10.5 Å². The number of carbonyl (C=O) groups excluding carboxylic acids is 2. The van der Waals surface area contributed by atoms with Crippen LogP contribution in [0.25, 0.3) is 11.0 Å². The molecule has 158 valence electrons. The van der Waals surface area contributed by atoms with E-state index in [0.29, 0.717) is 16.5 Å². The SMILES string of the molecule is CC(C)(C)OC(=O)NCCNC(=O)c1oc2ccccc2c1CSc1ncccn1. The van der Waals surface area contributed by atoms with E-state index in [1.807, 2.05) is 24.3 Å². The molecule has 0 aliphatic carbocycles. The molecule has 0 bridgehead atoms. The summed E-state index contributed by atoms with van der Waals surface area (Å²) in [6.45, 7) is 5.84. The van der Waals surface area contributed by atoms with E-state index in [9.17, 15) is 9.59 Å².